The first-order chi connectivity index (χ1) is 11.0. The first kappa shape index (κ1) is 15.2. The maximum absolute atomic E-state index is 12.9. The van der Waals surface area contributed by atoms with Crippen LogP contribution in [0.1, 0.15) is 52.4 Å². The van der Waals surface area contributed by atoms with E-state index in [-0.39, 0.29) is 11.8 Å². The third-order valence-corrected chi connectivity index (χ3v) is 6.49. The number of hydrogen-bond acceptors (Lipinski definition) is 1. The van der Waals surface area contributed by atoms with Gasteiger partial charge in [-0.05, 0) is 73.8 Å². The van der Waals surface area contributed by atoms with Gasteiger partial charge in [0.25, 0.3) is 0 Å². The molecule has 4 aliphatic rings. The summed E-state index contributed by atoms with van der Waals surface area (Å²) >= 11 is 0. The number of carbonyl (C=O) groups is 1. The smallest absolute Gasteiger partial charge is 0.229 e. The lowest BCUT2D eigenvalue weighted by molar-refractivity contribution is -0.122. The number of para-hydroxylation sites is 1. The summed E-state index contributed by atoms with van der Waals surface area (Å²) in [4.78, 5) is 15.0. The third kappa shape index (κ3) is 2.81. The predicted octanol–water partition coefficient (Wildman–Crippen LogP) is 4.89. The molecule has 4 aliphatic carbocycles. The van der Waals surface area contributed by atoms with Crippen molar-refractivity contribution in [3.05, 3.63) is 30.3 Å². The van der Waals surface area contributed by atoms with Gasteiger partial charge in [0.15, 0.2) is 0 Å². The van der Waals surface area contributed by atoms with Crippen molar-refractivity contribution < 1.29 is 4.79 Å². The molecule has 0 radical (unpaired) electrons. The van der Waals surface area contributed by atoms with Gasteiger partial charge in [-0.1, -0.05) is 32.0 Å². The fourth-order valence-corrected chi connectivity index (χ4v) is 6.04. The van der Waals surface area contributed by atoms with Crippen LogP contribution < -0.4 is 4.90 Å². The van der Waals surface area contributed by atoms with E-state index in [9.17, 15) is 4.79 Å². The minimum Gasteiger partial charge on any atom is -0.312 e. The van der Waals surface area contributed by atoms with Gasteiger partial charge in [0.05, 0.1) is 0 Å². The Morgan fingerprint density at radius 1 is 1.04 bits per heavy atom. The van der Waals surface area contributed by atoms with Gasteiger partial charge in [-0.3, -0.25) is 4.79 Å². The van der Waals surface area contributed by atoms with Crippen molar-refractivity contribution in [1.29, 1.82) is 0 Å². The number of amides is 1. The Hall–Kier alpha value is -1.31. The summed E-state index contributed by atoms with van der Waals surface area (Å²) in [5, 5.41) is 0. The lowest BCUT2D eigenvalue weighted by Gasteiger charge is -2.58. The van der Waals surface area contributed by atoms with Crippen LogP contribution in [-0.2, 0) is 4.79 Å². The van der Waals surface area contributed by atoms with Crippen LogP contribution in [0.5, 0.6) is 0 Å². The van der Waals surface area contributed by atoms with Gasteiger partial charge in [-0.2, -0.15) is 0 Å². The molecule has 1 aromatic carbocycles. The number of hydrogen-bond donors (Lipinski definition) is 0. The highest BCUT2D eigenvalue weighted by Gasteiger charge is 2.51. The van der Waals surface area contributed by atoms with E-state index in [0.29, 0.717) is 5.41 Å². The molecule has 23 heavy (non-hydrogen) atoms. The molecule has 2 nitrogen and oxygen atoms in total. The molecule has 0 saturated heterocycles. The Morgan fingerprint density at radius 2 is 1.57 bits per heavy atom. The first-order valence-electron chi connectivity index (χ1n) is 9.41. The van der Waals surface area contributed by atoms with Crippen LogP contribution >= 0.6 is 0 Å². The van der Waals surface area contributed by atoms with E-state index in [2.05, 4.69) is 29.2 Å². The van der Waals surface area contributed by atoms with E-state index in [4.69, 9.17) is 0 Å². The van der Waals surface area contributed by atoms with Gasteiger partial charge < -0.3 is 4.90 Å². The number of rotatable bonds is 4. The molecule has 0 aliphatic heterocycles. The monoisotopic (exact) mass is 311 g/mol. The van der Waals surface area contributed by atoms with Crippen LogP contribution in [0.3, 0.4) is 0 Å². The molecular formula is C21H29NO. The topological polar surface area (TPSA) is 20.3 Å². The quantitative estimate of drug-likeness (QED) is 0.775. The molecule has 2 heteroatoms. The molecule has 4 fully saturated rings. The van der Waals surface area contributed by atoms with Crippen molar-refractivity contribution in [2.24, 2.45) is 29.1 Å². The second-order valence-corrected chi connectivity index (χ2v) is 8.83. The summed E-state index contributed by atoms with van der Waals surface area (Å²) in [5.74, 6) is 3.16. The van der Waals surface area contributed by atoms with Crippen LogP contribution in [0.25, 0.3) is 0 Å². The summed E-state index contributed by atoms with van der Waals surface area (Å²) in [6.45, 7) is 4.99. The van der Waals surface area contributed by atoms with Gasteiger partial charge in [-0.15, -0.1) is 0 Å². The van der Waals surface area contributed by atoms with Gasteiger partial charge in [-0.25, -0.2) is 0 Å². The molecular weight excluding hydrogens is 282 g/mol. The molecule has 0 atom stereocenters. The fourth-order valence-electron chi connectivity index (χ4n) is 6.04. The third-order valence-electron chi connectivity index (χ3n) is 6.49. The van der Waals surface area contributed by atoms with E-state index in [1.165, 1.54) is 38.5 Å². The molecule has 5 rings (SSSR count). The van der Waals surface area contributed by atoms with E-state index in [1.807, 2.05) is 19.9 Å². The Labute approximate surface area is 140 Å². The molecule has 0 spiro atoms. The molecule has 0 aromatic heterocycles. The standard InChI is InChI=1S/C21H29NO/c1-15(2)20(23)22(19-6-4-3-5-7-19)14-21-11-16-8-17(12-21)10-18(9-16)13-21/h3-7,15-18H,8-14H2,1-2H3. The number of nitrogens with zero attached hydrogens (tertiary/aromatic N) is 1. The highest BCUT2D eigenvalue weighted by molar-refractivity contribution is 5.94. The second kappa shape index (κ2) is 5.65. The van der Waals surface area contributed by atoms with Crippen molar-refractivity contribution in [3.63, 3.8) is 0 Å². The summed E-state index contributed by atoms with van der Waals surface area (Å²) in [7, 11) is 0. The summed E-state index contributed by atoms with van der Waals surface area (Å²) in [6.07, 6.45) is 8.45. The van der Waals surface area contributed by atoms with Crippen LogP contribution in [0, 0.1) is 29.1 Å². The minimum atomic E-state index is 0.0594. The molecule has 0 unspecified atom stereocenters. The summed E-state index contributed by atoms with van der Waals surface area (Å²) < 4.78 is 0. The van der Waals surface area contributed by atoms with Crippen molar-refractivity contribution in [1.82, 2.24) is 0 Å². The molecule has 4 saturated carbocycles. The summed E-state index contributed by atoms with van der Waals surface area (Å²) in [6, 6.07) is 10.3. The predicted molar refractivity (Wildman–Crippen MR) is 94.2 cm³/mol. The summed E-state index contributed by atoms with van der Waals surface area (Å²) in [5.41, 5.74) is 1.48. The van der Waals surface area contributed by atoms with Crippen molar-refractivity contribution >= 4 is 11.6 Å². The van der Waals surface area contributed by atoms with Gasteiger partial charge in [0, 0.05) is 18.2 Å². The largest absolute Gasteiger partial charge is 0.312 e. The Bertz CT molecular complexity index is 541. The van der Waals surface area contributed by atoms with Crippen LogP contribution in [0.2, 0.25) is 0 Å². The minimum absolute atomic E-state index is 0.0594. The zero-order valence-electron chi connectivity index (χ0n) is 14.5. The lowest BCUT2D eigenvalue weighted by Crippen LogP contribution is -2.53. The maximum Gasteiger partial charge on any atom is 0.229 e. The van der Waals surface area contributed by atoms with E-state index >= 15 is 0 Å². The Kier molecular flexibility index (Phi) is 3.74. The molecule has 4 bridgehead atoms. The van der Waals surface area contributed by atoms with Crippen LogP contribution in [0.15, 0.2) is 30.3 Å². The average molecular weight is 311 g/mol. The van der Waals surface area contributed by atoms with Crippen LogP contribution in [-0.4, -0.2) is 12.5 Å². The second-order valence-electron chi connectivity index (χ2n) is 8.83. The Balaban J connectivity index is 1.62. The number of benzene rings is 1. The number of carbonyl (C=O) groups excluding carboxylic acids is 1. The molecule has 0 N–H and O–H groups in total. The fraction of sp³-hybridized carbons (Fsp3) is 0.667. The zero-order chi connectivity index (χ0) is 16.0. The Morgan fingerprint density at radius 3 is 2.04 bits per heavy atom. The van der Waals surface area contributed by atoms with Crippen molar-refractivity contribution in [3.8, 4) is 0 Å². The zero-order valence-corrected chi connectivity index (χ0v) is 14.5. The van der Waals surface area contributed by atoms with E-state index < -0.39 is 0 Å². The SMILES string of the molecule is CC(C)C(=O)N(CC12CC3CC(CC(C3)C1)C2)c1ccccc1. The lowest BCUT2D eigenvalue weighted by atomic mass is 9.49. The molecule has 0 heterocycles. The average Bonchev–Trinajstić information content (AvgIpc) is 2.51. The molecule has 124 valence electrons. The van der Waals surface area contributed by atoms with E-state index in [0.717, 1.165) is 30.0 Å². The normalized spacial score (nSPS) is 34.8. The highest BCUT2D eigenvalue weighted by Crippen LogP contribution is 2.60. The van der Waals surface area contributed by atoms with Crippen LogP contribution in [0.4, 0.5) is 5.69 Å². The maximum atomic E-state index is 12.9. The molecule has 1 amide bonds. The van der Waals surface area contributed by atoms with Crippen molar-refractivity contribution in [2.45, 2.75) is 52.4 Å². The first-order valence-corrected chi connectivity index (χ1v) is 9.41. The number of anilines is 1. The van der Waals surface area contributed by atoms with Gasteiger partial charge in [0.2, 0.25) is 5.91 Å². The van der Waals surface area contributed by atoms with E-state index in [1.54, 1.807) is 0 Å². The molecule has 1 aromatic rings. The highest BCUT2D eigenvalue weighted by atomic mass is 16.2. The van der Waals surface area contributed by atoms with Gasteiger partial charge in [0.1, 0.15) is 0 Å². The van der Waals surface area contributed by atoms with Crippen molar-refractivity contribution in [2.75, 3.05) is 11.4 Å². The van der Waals surface area contributed by atoms with Gasteiger partial charge >= 0.3 is 0 Å².